The molecular formula is C17H29N. The number of nitrogens with two attached hydrogens (primary N) is 1. The monoisotopic (exact) mass is 247 g/mol. The van der Waals surface area contributed by atoms with Crippen LogP contribution < -0.4 is 5.73 Å². The smallest absolute Gasteiger partial charge is 0.0314 e. The van der Waals surface area contributed by atoms with E-state index in [9.17, 15) is 0 Å². The number of hydrogen-bond donors (Lipinski definition) is 1. The number of hydrogen-bond acceptors (Lipinski definition) is 1. The molecule has 0 radical (unpaired) electrons. The minimum atomic E-state index is 0.868. The van der Waals surface area contributed by atoms with E-state index in [-0.39, 0.29) is 0 Å². The maximum absolute atomic E-state index is 5.71. The lowest BCUT2D eigenvalue weighted by Crippen LogP contribution is -2.03. The second-order valence-corrected chi connectivity index (χ2v) is 5.43. The van der Waals surface area contributed by atoms with Crippen molar-refractivity contribution in [3.63, 3.8) is 0 Å². The minimum Gasteiger partial charge on any atom is -0.399 e. The summed E-state index contributed by atoms with van der Waals surface area (Å²) in [4.78, 5) is 0. The highest BCUT2D eigenvalue weighted by molar-refractivity contribution is 5.39. The normalized spacial score (nSPS) is 11.1. The molecule has 0 heterocycles. The number of rotatable bonds is 9. The Bertz CT molecular complexity index is 294. The van der Waals surface area contributed by atoms with Crippen molar-refractivity contribution in [1.29, 1.82) is 0 Å². The van der Waals surface area contributed by atoms with Gasteiger partial charge in [0.1, 0.15) is 0 Å². The van der Waals surface area contributed by atoms with Crippen molar-refractivity contribution >= 4 is 5.69 Å². The number of unbranched alkanes of at least 4 members (excludes halogenated alkanes) is 2. The standard InChI is InChI=1S/C17H29N/c1-3-5-7-15(8-6-4-2)9-10-16-11-13-17(18)14-12-16/h11-15H,3-10,18H2,1-2H3. The lowest BCUT2D eigenvalue weighted by atomic mass is 9.90. The van der Waals surface area contributed by atoms with Gasteiger partial charge < -0.3 is 5.73 Å². The molecule has 102 valence electrons. The Hall–Kier alpha value is -0.980. The average molecular weight is 247 g/mol. The fourth-order valence-corrected chi connectivity index (χ4v) is 2.47. The van der Waals surface area contributed by atoms with Gasteiger partial charge >= 0.3 is 0 Å². The van der Waals surface area contributed by atoms with Gasteiger partial charge in [0.2, 0.25) is 0 Å². The summed E-state index contributed by atoms with van der Waals surface area (Å²) < 4.78 is 0. The van der Waals surface area contributed by atoms with Crippen LogP contribution >= 0.6 is 0 Å². The predicted molar refractivity (Wildman–Crippen MR) is 81.7 cm³/mol. The van der Waals surface area contributed by atoms with Crippen LogP contribution in [-0.2, 0) is 6.42 Å². The molecule has 0 aliphatic carbocycles. The molecule has 2 N–H and O–H groups in total. The topological polar surface area (TPSA) is 26.0 Å². The van der Waals surface area contributed by atoms with Crippen LogP contribution in [0.15, 0.2) is 24.3 Å². The van der Waals surface area contributed by atoms with Crippen molar-refractivity contribution in [2.75, 3.05) is 5.73 Å². The molecule has 18 heavy (non-hydrogen) atoms. The third-order valence-electron chi connectivity index (χ3n) is 3.75. The van der Waals surface area contributed by atoms with Crippen LogP contribution in [0.5, 0.6) is 0 Å². The highest BCUT2D eigenvalue weighted by Gasteiger charge is 2.08. The first-order chi connectivity index (χ1) is 8.76. The van der Waals surface area contributed by atoms with Crippen LogP contribution in [0.4, 0.5) is 5.69 Å². The van der Waals surface area contributed by atoms with E-state index in [1.165, 1.54) is 56.9 Å². The van der Waals surface area contributed by atoms with Gasteiger partial charge in [0.05, 0.1) is 0 Å². The van der Waals surface area contributed by atoms with Gasteiger partial charge in [0.25, 0.3) is 0 Å². The SMILES string of the molecule is CCCCC(CCCC)CCc1ccc(N)cc1. The van der Waals surface area contributed by atoms with Gasteiger partial charge in [-0.3, -0.25) is 0 Å². The lowest BCUT2D eigenvalue weighted by molar-refractivity contribution is 0.394. The fourth-order valence-electron chi connectivity index (χ4n) is 2.47. The molecule has 0 saturated carbocycles. The zero-order chi connectivity index (χ0) is 13.2. The molecule has 1 aromatic rings. The van der Waals surface area contributed by atoms with E-state index in [2.05, 4.69) is 26.0 Å². The van der Waals surface area contributed by atoms with Crippen LogP contribution in [0, 0.1) is 5.92 Å². The number of aryl methyl sites for hydroxylation is 1. The second kappa shape index (κ2) is 9.02. The molecule has 1 aromatic carbocycles. The molecule has 0 fully saturated rings. The third kappa shape index (κ3) is 6.09. The Labute approximate surface area is 113 Å². The Balaban J connectivity index is 2.37. The van der Waals surface area contributed by atoms with E-state index >= 15 is 0 Å². The lowest BCUT2D eigenvalue weighted by Gasteiger charge is -2.16. The van der Waals surface area contributed by atoms with E-state index in [1.54, 1.807) is 0 Å². The molecular weight excluding hydrogens is 218 g/mol. The van der Waals surface area contributed by atoms with Gasteiger partial charge in [-0.05, 0) is 36.5 Å². The summed E-state index contributed by atoms with van der Waals surface area (Å²) in [6, 6.07) is 8.38. The van der Waals surface area contributed by atoms with Crippen molar-refractivity contribution in [2.24, 2.45) is 5.92 Å². The highest BCUT2D eigenvalue weighted by atomic mass is 14.5. The largest absolute Gasteiger partial charge is 0.399 e. The molecule has 0 aliphatic heterocycles. The van der Waals surface area contributed by atoms with Gasteiger partial charge in [0, 0.05) is 5.69 Å². The van der Waals surface area contributed by atoms with Gasteiger partial charge in [-0.2, -0.15) is 0 Å². The molecule has 1 nitrogen and oxygen atoms in total. The zero-order valence-electron chi connectivity index (χ0n) is 12.1. The van der Waals surface area contributed by atoms with Gasteiger partial charge in [0.15, 0.2) is 0 Å². The quantitative estimate of drug-likeness (QED) is 0.596. The first-order valence-electron chi connectivity index (χ1n) is 7.60. The average Bonchev–Trinajstić information content (AvgIpc) is 2.40. The van der Waals surface area contributed by atoms with E-state index in [0.29, 0.717) is 0 Å². The molecule has 0 aliphatic rings. The Morgan fingerprint density at radius 1 is 0.889 bits per heavy atom. The highest BCUT2D eigenvalue weighted by Crippen LogP contribution is 2.22. The van der Waals surface area contributed by atoms with Crippen LogP contribution in [0.25, 0.3) is 0 Å². The summed E-state index contributed by atoms with van der Waals surface area (Å²) in [7, 11) is 0. The number of benzene rings is 1. The molecule has 0 unspecified atom stereocenters. The summed E-state index contributed by atoms with van der Waals surface area (Å²) >= 11 is 0. The summed E-state index contributed by atoms with van der Waals surface area (Å²) in [5, 5.41) is 0. The fraction of sp³-hybridized carbons (Fsp3) is 0.647. The second-order valence-electron chi connectivity index (χ2n) is 5.43. The summed E-state index contributed by atoms with van der Waals surface area (Å²) in [6.45, 7) is 4.58. The molecule has 0 spiro atoms. The van der Waals surface area contributed by atoms with Crippen molar-refractivity contribution < 1.29 is 0 Å². The van der Waals surface area contributed by atoms with Crippen LogP contribution in [-0.4, -0.2) is 0 Å². The van der Waals surface area contributed by atoms with Gasteiger partial charge in [-0.15, -0.1) is 0 Å². The van der Waals surface area contributed by atoms with E-state index in [4.69, 9.17) is 5.73 Å². The summed E-state index contributed by atoms with van der Waals surface area (Å²) in [6.07, 6.45) is 10.8. The Kier molecular flexibility index (Phi) is 7.55. The molecule has 1 heteroatoms. The first-order valence-corrected chi connectivity index (χ1v) is 7.60. The Morgan fingerprint density at radius 3 is 1.94 bits per heavy atom. The maximum Gasteiger partial charge on any atom is 0.0314 e. The molecule has 0 aromatic heterocycles. The van der Waals surface area contributed by atoms with Gasteiger partial charge in [-0.25, -0.2) is 0 Å². The van der Waals surface area contributed by atoms with Crippen molar-refractivity contribution in [2.45, 2.75) is 65.2 Å². The summed E-state index contributed by atoms with van der Waals surface area (Å²) in [5.74, 6) is 0.919. The van der Waals surface area contributed by atoms with Crippen LogP contribution in [0.3, 0.4) is 0 Å². The maximum atomic E-state index is 5.71. The van der Waals surface area contributed by atoms with Gasteiger partial charge in [-0.1, -0.05) is 64.5 Å². The zero-order valence-corrected chi connectivity index (χ0v) is 12.1. The Morgan fingerprint density at radius 2 is 1.44 bits per heavy atom. The molecule has 0 bridgehead atoms. The molecule has 0 atom stereocenters. The van der Waals surface area contributed by atoms with Crippen LogP contribution in [0.2, 0.25) is 0 Å². The predicted octanol–water partition coefficient (Wildman–Crippen LogP) is 5.20. The van der Waals surface area contributed by atoms with E-state index < -0.39 is 0 Å². The van der Waals surface area contributed by atoms with E-state index in [1.807, 2.05) is 12.1 Å². The first kappa shape index (κ1) is 15.1. The van der Waals surface area contributed by atoms with E-state index in [0.717, 1.165) is 11.6 Å². The van der Waals surface area contributed by atoms with Crippen LogP contribution in [0.1, 0.15) is 64.4 Å². The molecule has 0 amide bonds. The molecule has 0 saturated heterocycles. The van der Waals surface area contributed by atoms with Crippen molar-refractivity contribution in [3.05, 3.63) is 29.8 Å². The summed E-state index contributed by atoms with van der Waals surface area (Å²) in [5.41, 5.74) is 8.01. The van der Waals surface area contributed by atoms with Crippen molar-refractivity contribution in [3.8, 4) is 0 Å². The molecule has 1 rings (SSSR count). The van der Waals surface area contributed by atoms with Crippen molar-refractivity contribution in [1.82, 2.24) is 0 Å². The minimum absolute atomic E-state index is 0.868. The number of anilines is 1. The number of nitrogen functional groups attached to an aromatic ring is 1. The third-order valence-corrected chi connectivity index (χ3v) is 3.75.